The highest BCUT2D eigenvalue weighted by atomic mass is 32.2. The van der Waals surface area contributed by atoms with Crippen LogP contribution < -0.4 is 5.73 Å². The molecule has 0 aliphatic carbocycles. The van der Waals surface area contributed by atoms with Crippen LogP contribution in [0.1, 0.15) is 24.5 Å². The van der Waals surface area contributed by atoms with Crippen molar-refractivity contribution in [3.05, 3.63) is 70.9 Å². The lowest BCUT2D eigenvalue weighted by Gasteiger charge is -2.30. The van der Waals surface area contributed by atoms with Gasteiger partial charge >= 0.3 is 0 Å². The Bertz CT molecular complexity index is 1130. The molecule has 6 nitrogen and oxygen atoms in total. The minimum absolute atomic E-state index is 0.0294. The van der Waals surface area contributed by atoms with E-state index in [9.17, 15) is 13.2 Å². The zero-order valence-corrected chi connectivity index (χ0v) is 19.1. The van der Waals surface area contributed by atoms with Crippen LogP contribution in [0.25, 0.3) is 11.1 Å². The Labute approximate surface area is 184 Å². The fraction of sp³-hybridized carbons (Fsp3) is 0.333. The minimum Gasteiger partial charge on any atom is -0.401 e. The number of sulfone groups is 1. The molecule has 0 spiro atoms. The summed E-state index contributed by atoms with van der Waals surface area (Å²) in [4.78, 5) is 17.9. The molecule has 1 aliphatic heterocycles. The molecule has 7 heteroatoms. The maximum atomic E-state index is 11.8. The van der Waals surface area contributed by atoms with Crippen molar-refractivity contribution in [2.24, 2.45) is 10.7 Å². The van der Waals surface area contributed by atoms with Crippen molar-refractivity contribution < 1.29 is 13.2 Å². The van der Waals surface area contributed by atoms with Gasteiger partial charge in [-0.1, -0.05) is 48.5 Å². The number of nitrogens with zero attached hydrogens (tertiary/aromatic N) is 2. The van der Waals surface area contributed by atoms with Gasteiger partial charge in [0, 0.05) is 63.1 Å². The number of benzene rings is 2. The number of allylic oxidation sites excluding steroid dienone is 1. The van der Waals surface area contributed by atoms with Gasteiger partial charge in [-0.15, -0.1) is 0 Å². The van der Waals surface area contributed by atoms with Crippen LogP contribution in [0.2, 0.25) is 0 Å². The van der Waals surface area contributed by atoms with E-state index < -0.39 is 9.84 Å². The molecule has 1 heterocycles. The summed E-state index contributed by atoms with van der Waals surface area (Å²) in [7, 11) is -1.31. The second-order valence-corrected chi connectivity index (χ2v) is 10.1. The highest BCUT2D eigenvalue weighted by Crippen LogP contribution is 2.23. The van der Waals surface area contributed by atoms with Crippen LogP contribution in [0.3, 0.4) is 0 Å². The maximum absolute atomic E-state index is 11.8. The van der Waals surface area contributed by atoms with Gasteiger partial charge in [-0.05, 0) is 22.3 Å². The summed E-state index contributed by atoms with van der Waals surface area (Å²) in [5, 5.41) is 0. The van der Waals surface area contributed by atoms with Gasteiger partial charge in [0.2, 0.25) is 5.91 Å². The monoisotopic (exact) mass is 439 g/mol. The first-order chi connectivity index (χ1) is 14.7. The lowest BCUT2D eigenvalue weighted by molar-refractivity contribution is -0.128. The van der Waals surface area contributed by atoms with Crippen LogP contribution in [0, 0.1) is 0 Å². The summed E-state index contributed by atoms with van der Waals surface area (Å²) < 4.78 is 23.2. The van der Waals surface area contributed by atoms with Gasteiger partial charge in [0.15, 0.2) is 9.84 Å². The molecular formula is C24H29N3O3S. The van der Waals surface area contributed by atoms with Gasteiger partial charge in [-0.3, -0.25) is 9.79 Å². The van der Waals surface area contributed by atoms with Gasteiger partial charge in [0.1, 0.15) is 0 Å². The number of rotatable bonds is 5. The third-order valence-electron chi connectivity index (χ3n) is 5.46. The molecule has 0 saturated carbocycles. The molecular weight excluding hydrogens is 410 g/mol. The number of carbonyl (C=O) groups excluding carboxylic acids is 1. The Morgan fingerprint density at radius 3 is 2.42 bits per heavy atom. The predicted octanol–water partition coefficient (Wildman–Crippen LogP) is 2.98. The molecule has 1 amide bonds. The molecule has 2 aromatic carbocycles. The van der Waals surface area contributed by atoms with E-state index in [-0.39, 0.29) is 11.7 Å². The van der Waals surface area contributed by atoms with Crippen LogP contribution in [-0.2, 0) is 26.8 Å². The van der Waals surface area contributed by atoms with E-state index in [2.05, 4.69) is 4.99 Å². The van der Waals surface area contributed by atoms with Crippen molar-refractivity contribution in [1.82, 2.24) is 4.90 Å². The normalized spacial score (nSPS) is 17.6. The number of hydrogen-bond donors (Lipinski definition) is 1. The fourth-order valence-corrected chi connectivity index (χ4v) is 4.63. The van der Waals surface area contributed by atoms with Gasteiger partial charge < -0.3 is 10.6 Å². The molecule has 0 aromatic heterocycles. The predicted molar refractivity (Wildman–Crippen MR) is 126 cm³/mol. The summed E-state index contributed by atoms with van der Waals surface area (Å²) in [6, 6.07) is 15.7. The summed E-state index contributed by atoms with van der Waals surface area (Å²) >= 11 is 0. The van der Waals surface area contributed by atoms with Crippen LogP contribution in [0.15, 0.2) is 64.8 Å². The number of aliphatic imine (C=N–C) groups is 1. The number of amides is 1. The zero-order valence-electron chi connectivity index (χ0n) is 18.3. The first kappa shape index (κ1) is 22.7. The zero-order chi connectivity index (χ0) is 22.6. The molecule has 164 valence electrons. The highest BCUT2D eigenvalue weighted by Gasteiger charge is 2.23. The lowest BCUT2D eigenvalue weighted by atomic mass is 9.96. The second kappa shape index (κ2) is 9.47. The topological polar surface area (TPSA) is 92.8 Å². The molecule has 2 aromatic rings. The summed E-state index contributed by atoms with van der Waals surface area (Å²) in [6.45, 7) is 2.75. The first-order valence-electron chi connectivity index (χ1n) is 10.2. The van der Waals surface area contributed by atoms with Gasteiger partial charge in [0.05, 0.1) is 5.75 Å². The van der Waals surface area contributed by atoms with Gasteiger partial charge in [0.25, 0.3) is 0 Å². The second-order valence-electron chi connectivity index (χ2n) is 8.01. The number of hydrogen-bond acceptors (Lipinski definition) is 5. The fourth-order valence-electron chi connectivity index (χ4n) is 3.84. The van der Waals surface area contributed by atoms with Crippen molar-refractivity contribution in [1.29, 1.82) is 0 Å². The minimum atomic E-state index is -3.08. The van der Waals surface area contributed by atoms with E-state index in [4.69, 9.17) is 5.73 Å². The molecule has 3 rings (SSSR count). The number of piperidine rings is 1. The Hall–Kier alpha value is -2.93. The van der Waals surface area contributed by atoms with E-state index in [0.29, 0.717) is 19.5 Å². The average Bonchev–Trinajstić information content (AvgIpc) is 2.72. The Kier molecular flexibility index (Phi) is 6.95. The Balaban J connectivity index is 1.79. The standard InChI is InChI=1S/C24H29N3O3S/c1-17(28)27-12-11-24(26-2)22(15-27)23(25)14-18-7-9-20(10-8-18)21-6-4-5-19(13-21)16-31(3,29)30/h4-10,13H,11-12,14-16,25H2,1-3H3. The van der Waals surface area contributed by atoms with Crippen molar-refractivity contribution in [2.45, 2.75) is 25.5 Å². The van der Waals surface area contributed by atoms with E-state index >= 15 is 0 Å². The Morgan fingerprint density at radius 2 is 1.81 bits per heavy atom. The van der Waals surface area contributed by atoms with E-state index in [1.165, 1.54) is 6.26 Å². The molecule has 31 heavy (non-hydrogen) atoms. The van der Waals surface area contributed by atoms with E-state index in [1.807, 2.05) is 48.5 Å². The van der Waals surface area contributed by atoms with Gasteiger partial charge in [-0.25, -0.2) is 8.42 Å². The van der Waals surface area contributed by atoms with Crippen LogP contribution in [0.4, 0.5) is 0 Å². The number of likely N-dealkylation sites (tertiary alicyclic amines) is 1. The number of nitrogens with two attached hydrogens (primary N) is 1. The molecule has 0 atom stereocenters. The third-order valence-corrected chi connectivity index (χ3v) is 6.31. The summed E-state index contributed by atoms with van der Waals surface area (Å²) in [5.74, 6) is 0.0737. The molecule has 2 N–H and O–H groups in total. The molecule has 0 unspecified atom stereocenters. The summed E-state index contributed by atoms with van der Waals surface area (Å²) in [5.41, 5.74) is 12.9. The molecule has 0 bridgehead atoms. The molecule has 0 radical (unpaired) electrons. The first-order valence-corrected chi connectivity index (χ1v) is 12.3. The third kappa shape index (κ3) is 6.04. The van der Waals surface area contributed by atoms with Crippen molar-refractivity contribution in [2.75, 3.05) is 26.4 Å². The van der Waals surface area contributed by atoms with Crippen molar-refractivity contribution >= 4 is 21.5 Å². The summed E-state index contributed by atoms with van der Waals surface area (Å²) in [6.07, 6.45) is 2.54. The number of carbonyl (C=O) groups is 1. The quantitative estimate of drug-likeness (QED) is 0.775. The van der Waals surface area contributed by atoms with Crippen LogP contribution in [-0.4, -0.2) is 51.3 Å². The van der Waals surface area contributed by atoms with Gasteiger partial charge in [-0.2, -0.15) is 0 Å². The smallest absolute Gasteiger partial charge is 0.219 e. The van der Waals surface area contributed by atoms with E-state index in [0.717, 1.165) is 45.7 Å². The Morgan fingerprint density at radius 1 is 1.10 bits per heavy atom. The van der Waals surface area contributed by atoms with Crippen molar-refractivity contribution in [3.63, 3.8) is 0 Å². The molecule has 1 fully saturated rings. The van der Waals surface area contributed by atoms with Crippen molar-refractivity contribution in [3.8, 4) is 11.1 Å². The lowest BCUT2D eigenvalue weighted by Crippen LogP contribution is -2.40. The van der Waals surface area contributed by atoms with Crippen LogP contribution >= 0.6 is 0 Å². The van der Waals surface area contributed by atoms with E-state index in [1.54, 1.807) is 18.9 Å². The average molecular weight is 440 g/mol. The SMILES string of the molecule is CN=C1CCN(C(C)=O)CC1=C(N)Cc1ccc(-c2cccc(CS(C)(=O)=O)c2)cc1. The molecule has 1 saturated heterocycles. The largest absolute Gasteiger partial charge is 0.401 e. The van der Waals surface area contributed by atoms with Crippen LogP contribution in [0.5, 0.6) is 0 Å². The highest BCUT2D eigenvalue weighted by molar-refractivity contribution is 7.89. The maximum Gasteiger partial charge on any atom is 0.219 e. The molecule has 1 aliphatic rings.